The maximum absolute atomic E-state index is 12.5. The summed E-state index contributed by atoms with van der Waals surface area (Å²) in [4.78, 5) is 35.5. The summed E-state index contributed by atoms with van der Waals surface area (Å²) in [6.07, 6.45) is 1.68. The van der Waals surface area contributed by atoms with Gasteiger partial charge in [-0.2, -0.15) is 0 Å². The molecule has 0 spiro atoms. The fourth-order valence-corrected chi connectivity index (χ4v) is 2.89. The van der Waals surface area contributed by atoms with Gasteiger partial charge in [-0.15, -0.1) is 0 Å². The van der Waals surface area contributed by atoms with Gasteiger partial charge in [0.2, 0.25) is 0 Å². The summed E-state index contributed by atoms with van der Waals surface area (Å²) in [6.45, 7) is 5.81. The number of nitrogens with one attached hydrogen (secondary N) is 1. The van der Waals surface area contributed by atoms with Crippen molar-refractivity contribution >= 4 is 34.2 Å². The molecule has 0 amide bonds. The lowest BCUT2D eigenvalue weighted by molar-refractivity contribution is 0.789. The van der Waals surface area contributed by atoms with E-state index in [0.717, 1.165) is 11.3 Å². The summed E-state index contributed by atoms with van der Waals surface area (Å²) >= 11 is 12.0. The highest BCUT2D eigenvalue weighted by Gasteiger charge is 2.19. The Morgan fingerprint density at radius 2 is 1.96 bits per heavy atom. The summed E-state index contributed by atoms with van der Waals surface area (Å²) in [6, 6.07) is 3.20. The van der Waals surface area contributed by atoms with Crippen molar-refractivity contribution in [3.05, 3.63) is 60.6 Å². The Labute approximate surface area is 147 Å². The van der Waals surface area contributed by atoms with Gasteiger partial charge in [-0.25, -0.2) is 14.3 Å². The second-order valence-electron chi connectivity index (χ2n) is 5.74. The standard InChI is InChI=1S/C16H14Cl2N4O2/c1-7(2)11-12(8(3)4-5-19-11)22-14-9(15(23)21-16(22)24)6-10(17)13(18)20-14/h4-7H,1-3H3,(H,21,23,24). The van der Waals surface area contributed by atoms with E-state index in [1.807, 2.05) is 20.8 Å². The minimum absolute atomic E-state index is 0.0237. The first-order valence-corrected chi connectivity index (χ1v) is 8.03. The van der Waals surface area contributed by atoms with Crippen molar-refractivity contribution < 1.29 is 0 Å². The van der Waals surface area contributed by atoms with Crippen LogP contribution >= 0.6 is 23.2 Å². The van der Waals surface area contributed by atoms with E-state index in [1.165, 1.54) is 10.6 Å². The third-order valence-corrected chi connectivity index (χ3v) is 4.39. The third kappa shape index (κ3) is 2.61. The van der Waals surface area contributed by atoms with Gasteiger partial charge in [0.1, 0.15) is 5.15 Å². The average molecular weight is 365 g/mol. The van der Waals surface area contributed by atoms with Gasteiger partial charge in [0.15, 0.2) is 5.65 Å². The fraction of sp³-hybridized carbons (Fsp3) is 0.250. The number of halogens is 2. The van der Waals surface area contributed by atoms with Crippen LogP contribution in [0, 0.1) is 6.92 Å². The highest BCUT2D eigenvalue weighted by molar-refractivity contribution is 6.41. The van der Waals surface area contributed by atoms with Crippen LogP contribution < -0.4 is 11.2 Å². The summed E-state index contributed by atoms with van der Waals surface area (Å²) < 4.78 is 1.33. The third-order valence-electron chi connectivity index (χ3n) is 3.72. The lowest BCUT2D eigenvalue weighted by atomic mass is 10.0. The van der Waals surface area contributed by atoms with Crippen LogP contribution in [0.4, 0.5) is 0 Å². The van der Waals surface area contributed by atoms with E-state index >= 15 is 0 Å². The molecule has 0 aliphatic carbocycles. The molecule has 3 aromatic heterocycles. The summed E-state index contributed by atoms with van der Waals surface area (Å²) in [5.41, 5.74) is 1.12. The molecule has 0 aliphatic rings. The van der Waals surface area contributed by atoms with Gasteiger partial charge in [-0.3, -0.25) is 14.8 Å². The predicted octanol–water partition coefficient (Wildman–Crippen LogP) is 3.21. The van der Waals surface area contributed by atoms with Crippen LogP contribution in [0.1, 0.15) is 31.0 Å². The maximum Gasteiger partial charge on any atom is 0.334 e. The number of nitrogens with zero attached hydrogens (tertiary/aromatic N) is 3. The lowest BCUT2D eigenvalue weighted by Crippen LogP contribution is -2.31. The van der Waals surface area contributed by atoms with Crippen molar-refractivity contribution in [2.75, 3.05) is 0 Å². The van der Waals surface area contributed by atoms with Crippen molar-refractivity contribution in [2.45, 2.75) is 26.7 Å². The Bertz CT molecular complexity index is 1070. The molecule has 0 unspecified atom stereocenters. The molecule has 6 nitrogen and oxygen atoms in total. The van der Waals surface area contributed by atoms with Gasteiger partial charge in [-0.1, -0.05) is 37.0 Å². The van der Waals surface area contributed by atoms with Crippen LogP contribution in [-0.4, -0.2) is 19.5 Å². The molecule has 24 heavy (non-hydrogen) atoms. The van der Waals surface area contributed by atoms with E-state index in [2.05, 4.69) is 15.0 Å². The molecule has 0 aliphatic heterocycles. The number of H-pyrrole nitrogens is 1. The number of pyridine rings is 2. The molecular formula is C16H14Cl2N4O2. The molecule has 3 heterocycles. The van der Waals surface area contributed by atoms with Gasteiger partial charge in [-0.05, 0) is 30.5 Å². The number of fused-ring (bicyclic) bond motifs is 1. The molecule has 0 bridgehead atoms. The smallest absolute Gasteiger partial charge is 0.273 e. The van der Waals surface area contributed by atoms with Crippen LogP contribution in [-0.2, 0) is 0 Å². The zero-order valence-electron chi connectivity index (χ0n) is 13.2. The summed E-state index contributed by atoms with van der Waals surface area (Å²) in [5.74, 6) is 0.0663. The van der Waals surface area contributed by atoms with Gasteiger partial charge >= 0.3 is 5.69 Å². The average Bonchev–Trinajstić information content (AvgIpc) is 2.50. The molecule has 3 aromatic rings. The van der Waals surface area contributed by atoms with E-state index in [4.69, 9.17) is 23.2 Å². The molecule has 3 rings (SSSR count). The summed E-state index contributed by atoms with van der Waals surface area (Å²) in [5, 5.41) is 0.351. The van der Waals surface area contributed by atoms with E-state index in [0.29, 0.717) is 5.69 Å². The molecule has 0 aromatic carbocycles. The van der Waals surface area contributed by atoms with Gasteiger partial charge in [0.25, 0.3) is 5.56 Å². The Morgan fingerprint density at radius 1 is 1.25 bits per heavy atom. The minimum Gasteiger partial charge on any atom is -0.273 e. The Morgan fingerprint density at radius 3 is 2.62 bits per heavy atom. The molecule has 0 saturated heterocycles. The highest BCUT2D eigenvalue weighted by Crippen LogP contribution is 2.27. The van der Waals surface area contributed by atoms with E-state index < -0.39 is 11.2 Å². The molecule has 0 saturated carbocycles. The number of aryl methyl sites for hydroxylation is 1. The molecule has 124 valence electrons. The van der Waals surface area contributed by atoms with Crippen LogP contribution in [0.3, 0.4) is 0 Å². The molecule has 0 atom stereocenters. The first kappa shape index (κ1) is 16.7. The highest BCUT2D eigenvalue weighted by atomic mass is 35.5. The van der Waals surface area contributed by atoms with Gasteiger partial charge in [0, 0.05) is 6.20 Å². The van der Waals surface area contributed by atoms with E-state index in [1.54, 1.807) is 12.3 Å². The molecular weight excluding hydrogens is 351 g/mol. The fourth-order valence-electron chi connectivity index (χ4n) is 2.60. The summed E-state index contributed by atoms with van der Waals surface area (Å²) in [7, 11) is 0. The van der Waals surface area contributed by atoms with E-state index in [-0.39, 0.29) is 27.1 Å². The Balaban J connectivity index is 2.56. The number of hydrogen-bond acceptors (Lipinski definition) is 4. The van der Waals surface area contributed by atoms with Crippen molar-refractivity contribution in [3.63, 3.8) is 0 Å². The van der Waals surface area contributed by atoms with Crippen LogP contribution in [0.5, 0.6) is 0 Å². The number of rotatable bonds is 2. The number of hydrogen-bond donors (Lipinski definition) is 1. The molecule has 0 fully saturated rings. The first-order valence-electron chi connectivity index (χ1n) is 7.28. The maximum atomic E-state index is 12.5. The zero-order chi connectivity index (χ0) is 17.6. The van der Waals surface area contributed by atoms with Crippen molar-refractivity contribution in [1.29, 1.82) is 0 Å². The Hall–Kier alpha value is -2.18. The SMILES string of the molecule is Cc1ccnc(C(C)C)c1-n1c(=O)[nH]c(=O)c2cc(Cl)c(Cl)nc21. The van der Waals surface area contributed by atoms with Crippen molar-refractivity contribution in [3.8, 4) is 5.69 Å². The van der Waals surface area contributed by atoms with Crippen molar-refractivity contribution in [1.82, 2.24) is 19.5 Å². The predicted molar refractivity (Wildman–Crippen MR) is 94.6 cm³/mol. The number of aromatic nitrogens is 4. The molecule has 1 N–H and O–H groups in total. The minimum atomic E-state index is -0.601. The van der Waals surface area contributed by atoms with Crippen LogP contribution in [0.2, 0.25) is 10.2 Å². The van der Waals surface area contributed by atoms with Gasteiger partial charge in [0.05, 0.1) is 21.8 Å². The monoisotopic (exact) mass is 364 g/mol. The second kappa shape index (κ2) is 6.03. The lowest BCUT2D eigenvalue weighted by Gasteiger charge is -2.17. The molecule has 8 heteroatoms. The largest absolute Gasteiger partial charge is 0.334 e. The second-order valence-corrected chi connectivity index (χ2v) is 6.51. The topological polar surface area (TPSA) is 80.6 Å². The number of aromatic amines is 1. The van der Waals surface area contributed by atoms with Crippen LogP contribution in [0.15, 0.2) is 27.9 Å². The zero-order valence-corrected chi connectivity index (χ0v) is 14.7. The normalized spacial score (nSPS) is 11.4. The first-order chi connectivity index (χ1) is 11.3. The Kier molecular flexibility index (Phi) is 4.19. The quantitative estimate of drug-likeness (QED) is 0.707. The van der Waals surface area contributed by atoms with Gasteiger partial charge < -0.3 is 0 Å². The van der Waals surface area contributed by atoms with Crippen molar-refractivity contribution in [2.24, 2.45) is 0 Å². The molecule has 0 radical (unpaired) electrons. The van der Waals surface area contributed by atoms with Crippen LogP contribution in [0.25, 0.3) is 16.7 Å². The van der Waals surface area contributed by atoms with E-state index in [9.17, 15) is 9.59 Å².